The van der Waals surface area contributed by atoms with Crippen molar-refractivity contribution in [3.63, 3.8) is 0 Å². The van der Waals surface area contributed by atoms with Gasteiger partial charge in [0.25, 0.3) is 0 Å². The standard InChI is InChI=1S/C77H126O42/c1-71(2,3)64(92)99-22-29-50-36(78)43(85)57(106-29)114-51-30(23-100-65(93)72(4,5)6)108-59(45(87)38(51)80)116-53-32(25-102-67(95)74(10,11)12)110-61(47(89)40(53)82)118-55-34(27-104-69(97)76(16,17)18)112-63(49(91)42(55)84)119-56-35(28-105-70(98)77(19,20)21)111-62(48(90)41(56)83)117-54-33(26-103-68(96)75(13,14)15)109-60(46(88)39(54)81)115-52-31(24-101-66(94)73(7,8)9)107-58(113-50)44(86)37(52)79/h29-63,78-91H,22-28H2,1-21H3/t29-,30-,31-,32-,33-,34-,35-,36-,37-,38-,39-,40-,41-,42+,43-,44-,45-,46-,47+,48+,49-,50-,51-,52-,53-,54-,55-,56-,57-,58-,59-,60-,61-,62-,63-/m1/s1. The van der Waals surface area contributed by atoms with Crippen molar-refractivity contribution >= 4 is 41.8 Å². The van der Waals surface area contributed by atoms with Gasteiger partial charge < -0.3 is 171 Å². The Hall–Kier alpha value is -4.83. The summed E-state index contributed by atoms with van der Waals surface area (Å²) in [6.07, 6.45) is -76.7. The van der Waals surface area contributed by atoms with Crippen molar-refractivity contribution in [2.24, 2.45) is 37.9 Å². The van der Waals surface area contributed by atoms with Gasteiger partial charge in [0.15, 0.2) is 44.0 Å². The summed E-state index contributed by atoms with van der Waals surface area (Å²) < 4.78 is 127. The highest BCUT2D eigenvalue weighted by Gasteiger charge is 2.61. The van der Waals surface area contributed by atoms with E-state index >= 15 is 0 Å². The summed E-state index contributed by atoms with van der Waals surface area (Å²) in [5, 5.41) is 172. The highest BCUT2D eigenvalue weighted by atomic mass is 16.8. The van der Waals surface area contributed by atoms with Crippen molar-refractivity contribution < 1.29 is 205 Å². The van der Waals surface area contributed by atoms with Gasteiger partial charge in [0.05, 0.1) is 37.9 Å². The highest BCUT2D eigenvalue weighted by Crippen LogP contribution is 2.42. The number of hydrogen-bond donors (Lipinski definition) is 14. The first-order valence-corrected chi connectivity index (χ1v) is 39.5. The Balaban J connectivity index is 1.27. The molecule has 42 nitrogen and oxygen atoms in total. The van der Waals surface area contributed by atoms with Crippen LogP contribution in [0.1, 0.15) is 145 Å². The van der Waals surface area contributed by atoms with Crippen molar-refractivity contribution in [2.75, 3.05) is 46.2 Å². The van der Waals surface area contributed by atoms with E-state index in [1.807, 2.05) is 0 Å². The zero-order chi connectivity index (χ0) is 89.5. The summed E-state index contributed by atoms with van der Waals surface area (Å²) in [5.41, 5.74) is -8.73. The van der Waals surface area contributed by atoms with E-state index in [1.54, 1.807) is 0 Å². The van der Waals surface area contributed by atoms with Crippen molar-refractivity contribution in [1.82, 2.24) is 0 Å². The molecule has 0 aromatic rings. The normalized spacial score (nSPS) is 40.6. The van der Waals surface area contributed by atoms with Gasteiger partial charge in [0, 0.05) is 0 Å². The Labute approximate surface area is 688 Å². The minimum atomic E-state index is -2.40. The average Bonchev–Trinajstić information content (AvgIpc) is 0.821. The second-order valence-corrected chi connectivity index (χ2v) is 38.3. The molecule has 21 saturated heterocycles. The van der Waals surface area contributed by atoms with Crippen LogP contribution in [0.3, 0.4) is 0 Å². The number of carbonyl (C=O) groups excluding carboxylic acids is 7. The molecule has 0 aliphatic carbocycles. The Morgan fingerprint density at radius 2 is 0.269 bits per heavy atom. The van der Waals surface area contributed by atoms with E-state index in [9.17, 15) is 105 Å². The second-order valence-electron chi connectivity index (χ2n) is 38.3. The van der Waals surface area contributed by atoms with E-state index in [2.05, 4.69) is 0 Å². The van der Waals surface area contributed by atoms with Gasteiger partial charge in [-0.1, -0.05) is 0 Å². The van der Waals surface area contributed by atoms with E-state index in [0.29, 0.717) is 0 Å². The van der Waals surface area contributed by atoms with E-state index in [-0.39, 0.29) is 0 Å². The van der Waals surface area contributed by atoms with Crippen molar-refractivity contribution in [3.8, 4) is 0 Å². The van der Waals surface area contributed by atoms with Gasteiger partial charge in [-0.3, -0.25) is 33.6 Å². The molecular formula is C77H126O42. The molecule has 0 saturated carbocycles. The molecule has 21 fully saturated rings. The SMILES string of the molecule is CC(C)(C)C(=O)OC[C@H]1O[C@@H]2O[C@H]3[C@@H](O)[C@@H](O)[C@@H](O[C@H]4[C@H](O)[C@H](O)[C@@H](O[C@H]5[C@H](O)[C@@H](O)[C@@H](O[C@H]6[C@H](O)[C@@H](O)[C@@H](O[C@H]7[C@H](O)[C@@H](O)[C@@H](O[C@H]8[C@H](O)[C@@H](O)[C@@H](O[C@H]1[C@H](O)[C@@H]2O)O[C@@H]8COC(=O)C(C)(C)C)O[C@@H]7COC(=O)C(C)(C)C)O[C@@H]6COC(=O)C(C)(C)C)O[C@@H]5COC(=O)C(C)(C)C)O[C@@H]4COC(=O)C(C)(C)C)O[C@@H]3COC(=O)C(C)(C)C. The van der Waals surface area contributed by atoms with Gasteiger partial charge >= 0.3 is 41.8 Å². The summed E-state index contributed by atoms with van der Waals surface area (Å²) in [5.74, 6) is -6.26. The number of carbonyl (C=O) groups is 7. The Morgan fingerprint density at radius 1 is 0.176 bits per heavy atom. The first kappa shape index (κ1) is 99.6. The Kier molecular flexibility index (Phi) is 32.6. The zero-order valence-corrected chi connectivity index (χ0v) is 70.8. The van der Waals surface area contributed by atoms with Crippen LogP contribution in [0.5, 0.6) is 0 Å². The number of ether oxygens (including phenoxy) is 21. The first-order valence-electron chi connectivity index (χ1n) is 39.5. The summed E-state index contributed by atoms with van der Waals surface area (Å²) in [6, 6.07) is 0. The lowest BCUT2D eigenvalue weighted by atomic mass is 9.94. The first-order chi connectivity index (χ1) is 54.6. The van der Waals surface area contributed by atoms with Gasteiger partial charge in [-0.15, -0.1) is 0 Å². The highest BCUT2D eigenvalue weighted by molar-refractivity contribution is 5.78. The predicted molar refractivity (Wildman–Crippen MR) is 392 cm³/mol. The summed E-state index contributed by atoms with van der Waals surface area (Å²) >= 11 is 0. The maximum atomic E-state index is 13.6. The van der Waals surface area contributed by atoms with Gasteiger partial charge in [-0.05, 0) is 145 Å². The quantitative estimate of drug-likeness (QED) is 0.0581. The van der Waals surface area contributed by atoms with Crippen LogP contribution in [0.15, 0.2) is 0 Å². The fourth-order valence-electron chi connectivity index (χ4n) is 12.9. The molecule has 119 heavy (non-hydrogen) atoms. The number of hydrogen-bond acceptors (Lipinski definition) is 42. The smallest absolute Gasteiger partial charge is 0.311 e. The van der Waals surface area contributed by atoms with Crippen LogP contribution in [-0.4, -0.2) is 374 Å². The van der Waals surface area contributed by atoms with Crippen LogP contribution in [0.25, 0.3) is 0 Å². The molecule has 42 heteroatoms. The zero-order valence-electron chi connectivity index (χ0n) is 70.8. The number of aliphatic hydroxyl groups excluding tert-OH is 14. The lowest BCUT2D eigenvalue weighted by Crippen LogP contribution is -2.68. The maximum Gasteiger partial charge on any atom is 0.311 e. The van der Waals surface area contributed by atoms with E-state index in [0.717, 1.165) is 0 Å². The fourth-order valence-corrected chi connectivity index (χ4v) is 12.9. The molecule has 0 amide bonds. The molecule has 14 N–H and O–H groups in total. The molecule has 0 aromatic carbocycles. The van der Waals surface area contributed by atoms with Crippen LogP contribution < -0.4 is 0 Å². The van der Waals surface area contributed by atoms with Crippen LogP contribution in [0.4, 0.5) is 0 Å². The largest absolute Gasteiger partial charge is 0.462 e. The molecule has 14 bridgehead atoms. The molecule has 0 radical (unpaired) electrons. The van der Waals surface area contributed by atoms with Gasteiger partial charge in [0.1, 0.15) is 217 Å². The van der Waals surface area contributed by atoms with Crippen LogP contribution in [-0.2, 0) is 133 Å². The molecule has 21 aliphatic rings. The second kappa shape index (κ2) is 39.0. The molecule has 0 spiro atoms. The number of aliphatic hydroxyl groups is 14. The lowest BCUT2D eigenvalue weighted by Gasteiger charge is -2.50. The Bertz CT molecular complexity index is 2780. The minimum absolute atomic E-state index is 0.894. The predicted octanol–water partition coefficient (Wildman–Crippen LogP) is -4.05. The van der Waals surface area contributed by atoms with Gasteiger partial charge in [0.2, 0.25) is 0 Å². The summed E-state index contributed by atoms with van der Waals surface area (Å²) in [6.45, 7) is 24.5. The molecule has 21 aliphatic heterocycles. The van der Waals surface area contributed by atoms with Gasteiger partial charge in [-0.25, -0.2) is 0 Å². The average molecular weight is 1720 g/mol. The van der Waals surface area contributed by atoms with Crippen molar-refractivity contribution in [1.29, 1.82) is 0 Å². The number of esters is 7. The minimum Gasteiger partial charge on any atom is -0.462 e. The monoisotopic (exact) mass is 1720 g/mol. The van der Waals surface area contributed by atoms with Crippen LogP contribution in [0, 0.1) is 37.9 Å². The third-order valence-corrected chi connectivity index (χ3v) is 20.5. The third kappa shape index (κ3) is 24.2. The molecule has 21 rings (SSSR count). The topological polar surface area (TPSA) is 597 Å². The molecule has 0 unspecified atom stereocenters. The number of rotatable bonds is 14. The van der Waals surface area contributed by atoms with Gasteiger partial charge in [-0.2, -0.15) is 0 Å². The Morgan fingerprint density at radius 3 is 0.353 bits per heavy atom. The van der Waals surface area contributed by atoms with E-state index in [1.165, 1.54) is 145 Å². The molecule has 35 atom stereocenters. The molecule has 0 aromatic heterocycles. The van der Waals surface area contributed by atoms with Crippen LogP contribution >= 0.6 is 0 Å². The molecule has 686 valence electrons. The summed E-state index contributed by atoms with van der Waals surface area (Å²) in [4.78, 5) is 95.0. The summed E-state index contributed by atoms with van der Waals surface area (Å²) in [7, 11) is 0. The van der Waals surface area contributed by atoms with Crippen molar-refractivity contribution in [3.05, 3.63) is 0 Å². The van der Waals surface area contributed by atoms with E-state index in [4.69, 9.17) is 99.5 Å². The molecule has 21 heterocycles. The maximum absolute atomic E-state index is 13.6. The van der Waals surface area contributed by atoms with Crippen LogP contribution in [0.2, 0.25) is 0 Å². The molecular weight excluding hydrogens is 1600 g/mol. The fraction of sp³-hybridized carbons (Fsp3) is 0.909. The third-order valence-electron chi connectivity index (χ3n) is 20.5. The lowest BCUT2D eigenvalue weighted by molar-refractivity contribution is -0.396. The van der Waals surface area contributed by atoms with E-state index < -0.39 is 341 Å². The van der Waals surface area contributed by atoms with Crippen molar-refractivity contribution in [2.45, 2.75) is 360 Å².